The third-order valence-corrected chi connectivity index (χ3v) is 17.9. The summed E-state index contributed by atoms with van der Waals surface area (Å²) in [5.74, 6) is -0.283. The Hall–Kier alpha value is -1.99. The second kappa shape index (κ2) is 52.3. The number of carbonyl (C=O) groups is 1. The predicted molar refractivity (Wildman–Crippen MR) is 346 cm³/mol. The number of allylic oxidation sites excluding steroid dienone is 5. The largest absolute Gasteiger partial charge is 0.394 e. The molecule has 0 aromatic carbocycles. The molecular formula is C70H129NO18. The maximum Gasteiger partial charge on any atom is 0.220 e. The average molecular weight is 1270 g/mol. The Morgan fingerprint density at radius 2 is 0.719 bits per heavy atom. The molecular weight excluding hydrogens is 1140 g/mol. The molecule has 19 nitrogen and oxygen atoms in total. The Balaban J connectivity index is 1.36. The molecule has 3 rings (SSSR count). The van der Waals surface area contributed by atoms with Gasteiger partial charge < -0.3 is 89.9 Å². The lowest BCUT2D eigenvalue weighted by molar-refractivity contribution is -0.379. The van der Waals surface area contributed by atoms with Crippen LogP contribution in [0.2, 0.25) is 0 Å². The van der Waals surface area contributed by atoms with Gasteiger partial charge in [-0.1, -0.05) is 243 Å². The van der Waals surface area contributed by atoms with Crippen molar-refractivity contribution in [3.05, 3.63) is 36.5 Å². The van der Waals surface area contributed by atoms with E-state index in [4.69, 9.17) is 28.4 Å². The monoisotopic (exact) mass is 1270 g/mol. The van der Waals surface area contributed by atoms with E-state index in [0.29, 0.717) is 12.8 Å². The standard InChI is InChI=1S/C70H129NO18/c1-3-5-7-9-11-13-15-17-18-19-20-21-22-23-24-25-26-27-28-29-30-31-32-33-34-36-38-40-42-44-46-48-58(76)71-53(54(75)47-45-43-41-39-37-35-16-14-12-10-8-6-4-2)52-84-68-64(82)61(79)66(56(50-73)86-68)89-70-65(83)62(80)67(57(51-74)87-70)88-69-63(81)60(78)59(77)55(49-72)85-69/h19-20,37,39,45,47,53-57,59-70,72-75,77-83H,3-18,21-36,38,40-44,46,48-52H2,1-2H3,(H,71,76)/b20-19-,39-37+,47-45+. The minimum absolute atomic E-state index is 0.239. The fraction of sp³-hybridized carbons (Fsp3) is 0.900. The third-order valence-electron chi connectivity index (χ3n) is 17.9. The smallest absolute Gasteiger partial charge is 0.220 e. The number of hydrogen-bond acceptors (Lipinski definition) is 18. The topological polar surface area (TPSA) is 307 Å². The van der Waals surface area contributed by atoms with Crippen LogP contribution in [0.1, 0.15) is 271 Å². The number of aliphatic hydroxyl groups is 11. The van der Waals surface area contributed by atoms with Crippen molar-refractivity contribution in [2.75, 3.05) is 26.4 Å². The molecule has 3 fully saturated rings. The van der Waals surface area contributed by atoms with Crippen molar-refractivity contribution in [2.24, 2.45) is 0 Å². The molecule has 0 radical (unpaired) electrons. The van der Waals surface area contributed by atoms with E-state index in [1.807, 2.05) is 6.08 Å². The Bertz CT molecular complexity index is 1760. The van der Waals surface area contributed by atoms with Gasteiger partial charge >= 0.3 is 0 Å². The van der Waals surface area contributed by atoms with E-state index >= 15 is 0 Å². The minimum Gasteiger partial charge on any atom is -0.394 e. The Labute approximate surface area is 536 Å². The van der Waals surface area contributed by atoms with Crippen molar-refractivity contribution in [1.82, 2.24) is 5.32 Å². The number of carbonyl (C=O) groups excluding carboxylic acids is 1. The van der Waals surface area contributed by atoms with Crippen molar-refractivity contribution in [3.63, 3.8) is 0 Å². The van der Waals surface area contributed by atoms with Crippen LogP contribution < -0.4 is 5.32 Å². The average Bonchev–Trinajstić information content (AvgIpc) is 3.18. The molecule has 89 heavy (non-hydrogen) atoms. The second-order valence-electron chi connectivity index (χ2n) is 25.7. The number of nitrogens with one attached hydrogen (secondary N) is 1. The van der Waals surface area contributed by atoms with E-state index in [-0.39, 0.29) is 18.9 Å². The summed E-state index contributed by atoms with van der Waals surface area (Å²) < 4.78 is 34.3. The van der Waals surface area contributed by atoms with E-state index in [1.54, 1.807) is 6.08 Å². The van der Waals surface area contributed by atoms with Crippen LogP contribution in [0, 0.1) is 0 Å². The highest BCUT2D eigenvalue weighted by atomic mass is 16.8. The molecule has 3 aliphatic rings. The summed E-state index contributed by atoms with van der Waals surface area (Å²) in [5, 5.41) is 120. The summed E-state index contributed by atoms with van der Waals surface area (Å²) in [7, 11) is 0. The van der Waals surface area contributed by atoms with E-state index in [0.717, 1.165) is 38.5 Å². The highest BCUT2D eigenvalue weighted by molar-refractivity contribution is 5.76. The summed E-state index contributed by atoms with van der Waals surface area (Å²) in [4.78, 5) is 13.4. The SMILES string of the molecule is CCCCCCCCC/C=C/CC/C=C/C(O)C(COC1OC(CO)C(OC2OC(CO)C(OC3OC(CO)C(O)C(O)C3O)C(O)C2O)C(O)C1O)NC(=O)CCCCCCCCCCCCCCCCCCCCC/C=C\CCCCCCCCCC. The lowest BCUT2D eigenvalue weighted by atomic mass is 9.96. The second-order valence-corrected chi connectivity index (χ2v) is 25.7. The zero-order chi connectivity index (χ0) is 64.7. The van der Waals surface area contributed by atoms with Crippen LogP contribution >= 0.6 is 0 Å². The number of amides is 1. The van der Waals surface area contributed by atoms with Gasteiger partial charge in [0.15, 0.2) is 18.9 Å². The number of hydrogen-bond donors (Lipinski definition) is 12. The molecule has 0 aromatic heterocycles. The maximum atomic E-state index is 13.4. The summed E-state index contributed by atoms with van der Waals surface area (Å²) in [5.41, 5.74) is 0. The molecule has 522 valence electrons. The number of ether oxygens (including phenoxy) is 6. The van der Waals surface area contributed by atoms with Crippen LogP contribution in [0.4, 0.5) is 0 Å². The predicted octanol–water partition coefficient (Wildman–Crippen LogP) is 9.61. The highest BCUT2D eigenvalue weighted by Crippen LogP contribution is 2.33. The molecule has 0 saturated carbocycles. The molecule has 3 heterocycles. The minimum atomic E-state index is -1.98. The van der Waals surface area contributed by atoms with Crippen molar-refractivity contribution in [2.45, 2.75) is 375 Å². The Morgan fingerprint density at radius 3 is 1.12 bits per heavy atom. The van der Waals surface area contributed by atoms with Crippen LogP contribution in [-0.2, 0) is 33.2 Å². The van der Waals surface area contributed by atoms with Crippen LogP contribution in [-0.4, -0.2) is 193 Å². The van der Waals surface area contributed by atoms with Gasteiger partial charge in [-0.25, -0.2) is 0 Å². The van der Waals surface area contributed by atoms with Crippen LogP contribution in [0.15, 0.2) is 36.5 Å². The zero-order valence-electron chi connectivity index (χ0n) is 55.2. The number of rotatable bonds is 55. The number of unbranched alkanes of at least 4 members (excludes halogenated alkanes) is 35. The van der Waals surface area contributed by atoms with Crippen LogP contribution in [0.3, 0.4) is 0 Å². The first-order valence-corrected chi connectivity index (χ1v) is 35.7. The molecule has 1 amide bonds. The van der Waals surface area contributed by atoms with Gasteiger partial charge in [-0.15, -0.1) is 0 Å². The van der Waals surface area contributed by atoms with E-state index < -0.39 is 124 Å². The van der Waals surface area contributed by atoms with Crippen molar-refractivity contribution >= 4 is 5.91 Å². The zero-order valence-corrected chi connectivity index (χ0v) is 55.2. The molecule has 12 N–H and O–H groups in total. The molecule has 0 bridgehead atoms. The first-order valence-electron chi connectivity index (χ1n) is 35.7. The van der Waals surface area contributed by atoms with Gasteiger partial charge in [0.25, 0.3) is 0 Å². The van der Waals surface area contributed by atoms with Gasteiger partial charge in [0.05, 0.1) is 38.6 Å². The molecule has 3 saturated heterocycles. The van der Waals surface area contributed by atoms with Gasteiger partial charge in [-0.2, -0.15) is 0 Å². The van der Waals surface area contributed by atoms with Crippen LogP contribution in [0.25, 0.3) is 0 Å². The van der Waals surface area contributed by atoms with Gasteiger partial charge in [0.2, 0.25) is 5.91 Å². The Morgan fingerprint density at radius 1 is 0.393 bits per heavy atom. The maximum absolute atomic E-state index is 13.4. The lowest BCUT2D eigenvalue weighted by Crippen LogP contribution is -2.66. The third kappa shape index (κ3) is 34.3. The van der Waals surface area contributed by atoms with E-state index in [1.165, 1.54) is 199 Å². The van der Waals surface area contributed by atoms with E-state index in [9.17, 15) is 61.0 Å². The first kappa shape index (κ1) is 81.2. The summed E-state index contributed by atoms with van der Waals surface area (Å²) in [6, 6.07) is -0.987. The van der Waals surface area contributed by atoms with Gasteiger partial charge in [-0.05, 0) is 57.8 Å². The Kier molecular flexibility index (Phi) is 47.7. The molecule has 3 aliphatic heterocycles. The molecule has 17 atom stereocenters. The van der Waals surface area contributed by atoms with Crippen molar-refractivity contribution < 1.29 is 89.4 Å². The summed E-state index contributed by atoms with van der Waals surface area (Å²) in [6.07, 6.45) is 34.4. The number of aliphatic hydroxyl groups excluding tert-OH is 11. The summed E-state index contributed by atoms with van der Waals surface area (Å²) in [6.45, 7) is 1.71. The summed E-state index contributed by atoms with van der Waals surface area (Å²) >= 11 is 0. The fourth-order valence-electron chi connectivity index (χ4n) is 12.1. The van der Waals surface area contributed by atoms with E-state index in [2.05, 4.69) is 43.5 Å². The van der Waals surface area contributed by atoms with Crippen molar-refractivity contribution in [3.8, 4) is 0 Å². The lowest BCUT2D eigenvalue weighted by Gasteiger charge is -2.48. The van der Waals surface area contributed by atoms with Gasteiger partial charge in [-0.3, -0.25) is 4.79 Å². The molecule has 17 unspecified atom stereocenters. The quantitative estimate of drug-likeness (QED) is 0.0199. The normalized spacial score (nSPS) is 28.4. The van der Waals surface area contributed by atoms with Crippen LogP contribution in [0.5, 0.6) is 0 Å². The fourth-order valence-corrected chi connectivity index (χ4v) is 12.1. The molecule has 0 spiro atoms. The van der Waals surface area contributed by atoms with Crippen molar-refractivity contribution in [1.29, 1.82) is 0 Å². The van der Waals surface area contributed by atoms with Gasteiger partial charge in [0.1, 0.15) is 73.2 Å². The molecule has 0 aliphatic carbocycles. The highest BCUT2D eigenvalue weighted by Gasteiger charge is 2.53. The van der Waals surface area contributed by atoms with Gasteiger partial charge in [0, 0.05) is 6.42 Å². The first-order chi connectivity index (χ1) is 43.3. The molecule has 19 heteroatoms. The molecule has 0 aromatic rings.